The van der Waals surface area contributed by atoms with Gasteiger partial charge in [-0.3, -0.25) is 14.9 Å². The number of hydrogen-bond donors (Lipinski definition) is 3. The fourth-order valence-corrected chi connectivity index (χ4v) is 6.73. The second-order valence-electron chi connectivity index (χ2n) is 11.8. The van der Waals surface area contributed by atoms with Gasteiger partial charge in [-0.25, -0.2) is 8.78 Å². The maximum Gasteiger partial charge on any atom is 0.319 e. The number of benzene rings is 2. The molecule has 44 heavy (non-hydrogen) atoms. The van der Waals surface area contributed by atoms with Gasteiger partial charge in [0.25, 0.3) is 0 Å². The van der Waals surface area contributed by atoms with Crippen LogP contribution in [0.1, 0.15) is 25.8 Å². The Balaban J connectivity index is 1.47. The van der Waals surface area contributed by atoms with E-state index in [0.29, 0.717) is 66.8 Å². The van der Waals surface area contributed by atoms with Crippen LogP contribution in [0, 0.1) is 12.7 Å². The van der Waals surface area contributed by atoms with Crippen molar-refractivity contribution in [3.05, 3.63) is 47.3 Å². The zero-order chi connectivity index (χ0) is 31.3. The fourth-order valence-electron chi connectivity index (χ4n) is 6.44. The van der Waals surface area contributed by atoms with Crippen LogP contribution in [0.4, 0.5) is 20.4 Å². The fraction of sp³-hybridized carbons (Fsp3) is 0.452. The Morgan fingerprint density at radius 3 is 2.75 bits per heavy atom. The second kappa shape index (κ2) is 12.1. The van der Waals surface area contributed by atoms with Gasteiger partial charge in [0.15, 0.2) is 11.6 Å². The van der Waals surface area contributed by atoms with E-state index in [9.17, 15) is 9.50 Å². The van der Waals surface area contributed by atoms with E-state index in [-0.39, 0.29) is 46.6 Å². The summed E-state index contributed by atoms with van der Waals surface area (Å²) in [5, 5.41) is 18.7. The number of nitrogen functional groups attached to an aromatic ring is 1. The first-order valence-corrected chi connectivity index (χ1v) is 15.2. The number of nitrogens with two attached hydrogens (primary N) is 1. The highest BCUT2D eigenvalue weighted by Gasteiger charge is 2.34. The standard InChI is InChI=1S/C31H37ClF2N8O2/c1-5-23(43)41-13-18(4)42(14-17(41)3)30-20-12-21(32)25(24-16(2)6-7-22-26(24)29(35)39-38-22)27(34)28(20)36-31(37-30)44-11-10-40-9-8-19(33)15-40/h5-7,12,17-19,23,43H,1,8-11,13-15H2,2-4H3,(H3,35,38,39)/t17-,18+,19-,23?/m1/s1. The molecule has 234 valence electrons. The van der Waals surface area contributed by atoms with E-state index in [1.165, 1.54) is 6.08 Å². The average molecular weight is 627 g/mol. The minimum Gasteiger partial charge on any atom is -0.462 e. The number of aromatic nitrogens is 4. The number of aliphatic hydroxyl groups is 1. The number of aromatic amines is 1. The highest BCUT2D eigenvalue weighted by molar-refractivity contribution is 6.35. The summed E-state index contributed by atoms with van der Waals surface area (Å²) in [6.07, 6.45) is 0.375. The Morgan fingerprint density at radius 1 is 1.23 bits per heavy atom. The van der Waals surface area contributed by atoms with E-state index >= 15 is 4.39 Å². The first kappa shape index (κ1) is 30.4. The van der Waals surface area contributed by atoms with Crippen molar-refractivity contribution < 1.29 is 18.6 Å². The SMILES string of the molecule is C=CC(O)N1C[C@H](C)N(c2nc(OCCN3CC[C@@H](F)C3)nc3c(F)c(-c4c(C)ccc5[nH]nc(N)c45)c(Cl)cc23)C[C@H]1C. The average Bonchev–Trinajstić information content (AvgIpc) is 3.59. The molecule has 0 bridgehead atoms. The van der Waals surface area contributed by atoms with Crippen LogP contribution in [0.15, 0.2) is 30.9 Å². The van der Waals surface area contributed by atoms with Gasteiger partial charge in [0.1, 0.15) is 30.3 Å². The molecule has 4 atom stereocenters. The summed E-state index contributed by atoms with van der Waals surface area (Å²) < 4.78 is 36.6. The number of H-pyrrole nitrogens is 1. The van der Waals surface area contributed by atoms with Crippen LogP contribution in [-0.2, 0) is 0 Å². The smallest absolute Gasteiger partial charge is 0.319 e. The first-order valence-electron chi connectivity index (χ1n) is 14.8. The molecule has 4 aromatic rings. The van der Waals surface area contributed by atoms with Gasteiger partial charge in [-0.05, 0) is 51.0 Å². The number of nitrogens with zero attached hydrogens (tertiary/aromatic N) is 6. The lowest BCUT2D eigenvalue weighted by Crippen LogP contribution is -2.59. The minimum absolute atomic E-state index is 0.0156. The quantitative estimate of drug-likeness (QED) is 0.240. The van der Waals surface area contributed by atoms with Crippen molar-refractivity contribution in [3.63, 3.8) is 0 Å². The number of piperazine rings is 1. The van der Waals surface area contributed by atoms with Crippen molar-refractivity contribution in [1.82, 2.24) is 30.0 Å². The molecular weight excluding hydrogens is 590 g/mol. The van der Waals surface area contributed by atoms with Gasteiger partial charge in [0.05, 0.1) is 15.9 Å². The number of aliphatic hydroxyl groups excluding tert-OH is 1. The number of rotatable bonds is 8. The van der Waals surface area contributed by atoms with Gasteiger partial charge < -0.3 is 20.5 Å². The molecule has 2 aliphatic rings. The summed E-state index contributed by atoms with van der Waals surface area (Å²) in [5.41, 5.74) is 8.39. The van der Waals surface area contributed by atoms with Crippen molar-refractivity contribution in [1.29, 1.82) is 0 Å². The Bertz CT molecular complexity index is 1720. The maximum absolute atomic E-state index is 16.9. The van der Waals surface area contributed by atoms with Gasteiger partial charge in [0, 0.05) is 61.3 Å². The van der Waals surface area contributed by atoms with E-state index in [4.69, 9.17) is 27.1 Å². The summed E-state index contributed by atoms with van der Waals surface area (Å²) in [6.45, 7) is 12.4. The van der Waals surface area contributed by atoms with Crippen molar-refractivity contribution in [2.45, 2.75) is 51.7 Å². The van der Waals surface area contributed by atoms with E-state index in [1.807, 2.05) is 42.7 Å². The topological polar surface area (TPSA) is 120 Å². The Labute approximate surface area is 259 Å². The van der Waals surface area contributed by atoms with E-state index < -0.39 is 18.2 Å². The molecule has 10 nitrogen and oxygen atoms in total. The van der Waals surface area contributed by atoms with Crippen molar-refractivity contribution in [3.8, 4) is 17.1 Å². The van der Waals surface area contributed by atoms with E-state index in [2.05, 4.69) is 26.7 Å². The van der Waals surface area contributed by atoms with Gasteiger partial charge in [-0.2, -0.15) is 15.1 Å². The number of hydrogen-bond acceptors (Lipinski definition) is 9. The molecule has 0 saturated carbocycles. The molecule has 0 radical (unpaired) electrons. The zero-order valence-electron chi connectivity index (χ0n) is 25.0. The zero-order valence-corrected chi connectivity index (χ0v) is 25.8. The number of halogens is 3. The van der Waals surface area contributed by atoms with Gasteiger partial charge >= 0.3 is 6.01 Å². The van der Waals surface area contributed by atoms with Crippen LogP contribution in [0.25, 0.3) is 32.9 Å². The molecule has 6 rings (SSSR count). The Kier molecular flexibility index (Phi) is 8.35. The first-order chi connectivity index (χ1) is 21.1. The van der Waals surface area contributed by atoms with Crippen LogP contribution >= 0.6 is 11.6 Å². The van der Waals surface area contributed by atoms with Gasteiger partial charge in [0.2, 0.25) is 0 Å². The monoisotopic (exact) mass is 626 g/mol. The molecule has 4 N–H and O–H groups in total. The summed E-state index contributed by atoms with van der Waals surface area (Å²) in [6, 6.07) is 5.23. The molecule has 2 saturated heterocycles. The summed E-state index contributed by atoms with van der Waals surface area (Å²) >= 11 is 6.90. The van der Waals surface area contributed by atoms with Crippen molar-refractivity contribution in [2.75, 3.05) is 50.0 Å². The van der Waals surface area contributed by atoms with Crippen LogP contribution in [-0.4, -0.2) is 98.9 Å². The molecule has 0 aliphatic carbocycles. The van der Waals surface area contributed by atoms with Crippen molar-refractivity contribution in [2.24, 2.45) is 0 Å². The van der Waals surface area contributed by atoms with E-state index in [1.54, 1.807) is 6.07 Å². The summed E-state index contributed by atoms with van der Waals surface area (Å²) in [5.74, 6) is 0.0899. The van der Waals surface area contributed by atoms with Gasteiger partial charge in [-0.1, -0.05) is 24.2 Å². The van der Waals surface area contributed by atoms with Gasteiger partial charge in [-0.15, -0.1) is 0 Å². The number of nitrogens with one attached hydrogen (secondary N) is 1. The lowest BCUT2D eigenvalue weighted by atomic mass is 9.94. The van der Waals surface area contributed by atoms with Crippen LogP contribution in [0.3, 0.4) is 0 Å². The highest BCUT2D eigenvalue weighted by atomic mass is 35.5. The molecule has 4 heterocycles. The third kappa shape index (κ3) is 5.44. The molecule has 13 heteroatoms. The number of fused-ring (bicyclic) bond motifs is 2. The number of alkyl halides is 1. The molecule has 2 aliphatic heterocycles. The third-order valence-electron chi connectivity index (χ3n) is 8.77. The number of anilines is 2. The Hall–Kier alpha value is -3.58. The number of likely N-dealkylation sites (tertiary alicyclic amines) is 1. The molecule has 1 unspecified atom stereocenters. The lowest BCUT2D eigenvalue weighted by molar-refractivity contribution is 0.0000340. The van der Waals surface area contributed by atoms with Crippen molar-refractivity contribution >= 4 is 45.0 Å². The molecule has 0 spiro atoms. The minimum atomic E-state index is -0.838. The third-order valence-corrected chi connectivity index (χ3v) is 9.07. The van der Waals surface area contributed by atoms with E-state index in [0.717, 1.165) is 5.56 Å². The summed E-state index contributed by atoms with van der Waals surface area (Å²) in [7, 11) is 0. The molecular formula is C31H37ClF2N8O2. The number of ether oxygens (including phenoxy) is 1. The summed E-state index contributed by atoms with van der Waals surface area (Å²) in [4.78, 5) is 15.3. The maximum atomic E-state index is 16.9. The number of aryl methyl sites for hydroxylation is 1. The molecule has 2 fully saturated rings. The Morgan fingerprint density at radius 2 is 2.02 bits per heavy atom. The second-order valence-corrected chi connectivity index (χ2v) is 12.2. The predicted octanol–water partition coefficient (Wildman–Crippen LogP) is 4.68. The van der Waals surface area contributed by atoms with Crippen LogP contribution in [0.2, 0.25) is 5.02 Å². The largest absolute Gasteiger partial charge is 0.462 e. The molecule has 2 aromatic heterocycles. The molecule has 0 amide bonds. The van der Waals surface area contributed by atoms with Crippen LogP contribution < -0.4 is 15.4 Å². The normalized spacial score (nSPS) is 22.2. The predicted molar refractivity (Wildman–Crippen MR) is 169 cm³/mol. The highest BCUT2D eigenvalue weighted by Crippen LogP contribution is 2.44. The lowest BCUT2D eigenvalue weighted by Gasteiger charge is -2.46. The molecule has 2 aromatic carbocycles. The van der Waals surface area contributed by atoms with Crippen LogP contribution in [0.5, 0.6) is 6.01 Å².